The van der Waals surface area contributed by atoms with Crippen LogP contribution in [0.4, 0.5) is 0 Å². The van der Waals surface area contributed by atoms with Crippen molar-refractivity contribution < 1.29 is 9.59 Å². The minimum Gasteiger partial charge on any atom is -0.296 e. The predicted molar refractivity (Wildman–Crippen MR) is 114 cm³/mol. The van der Waals surface area contributed by atoms with Crippen LogP contribution in [0.3, 0.4) is 0 Å². The Morgan fingerprint density at radius 2 is 1.77 bits per heavy atom. The maximum Gasteiger partial charge on any atom is 0.269 e. The number of carbonyl (C=O) groups is 2. The fourth-order valence-electron chi connectivity index (χ4n) is 3.76. The Bertz CT molecular complexity index is 1140. The highest BCUT2D eigenvalue weighted by atomic mass is 16.2. The third kappa shape index (κ3) is 4.40. The van der Waals surface area contributed by atoms with Crippen LogP contribution in [0.15, 0.2) is 53.3 Å². The maximum atomic E-state index is 12.9. The summed E-state index contributed by atoms with van der Waals surface area (Å²) in [6, 6.07) is 14.1. The van der Waals surface area contributed by atoms with E-state index < -0.39 is 5.91 Å². The monoisotopic (exact) mass is 404 g/mol. The first kappa shape index (κ1) is 19.8. The number of nitrogens with zero attached hydrogens (tertiary/aromatic N) is 2. The second-order valence-corrected chi connectivity index (χ2v) is 7.55. The smallest absolute Gasteiger partial charge is 0.269 e. The molecule has 2 aromatic carbocycles. The summed E-state index contributed by atoms with van der Waals surface area (Å²) >= 11 is 0. The topological polar surface area (TPSA) is 93.1 Å². The highest BCUT2D eigenvalue weighted by Crippen LogP contribution is 2.16. The van der Waals surface area contributed by atoms with Gasteiger partial charge in [-0.05, 0) is 36.6 Å². The molecular formula is C23H24N4O3. The van der Waals surface area contributed by atoms with Crippen LogP contribution < -0.4 is 16.4 Å². The number of nitrogens with one attached hydrogen (secondary N) is 2. The second-order valence-electron chi connectivity index (χ2n) is 7.55. The molecule has 1 aliphatic rings. The molecule has 30 heavy (non-hydrogen) atoms. The van der Waals surface area contributed by atoms with Gasteiger partial charge < -0.3 is 0 Å². The highest BCUT2D eigenvalue weighted by molar-refractivity contribution is 5.98. The quantitative estimate of drug-likeness (QED) is 0.656. The lowest BCUT2D eigenvalue weighted by atomic mass is 10.1. The number of amides is 2. The molecular weight excluding hydrogens is 380 g/mol. The molecule has 0 bridgehead atoms. The molecule has 0 saturated carbocycles. The molecule has 3 aromatic rings. The molecule has 0 saturated heterocycles. The molecule has 2 N–H and O–H groups in total. The Hall–Kier alpha value is -3.48. The lowest BCUT2D eigenvalue weighted by Crippen LogP contribution is -2.42. The van der Waals surface area contributed by atoms with Crippen molar-refractivity contribution in [3.05, 3.63) is 75.8 Å². The molecule has 0 fully saturated rings. The van der Waals surface area contributed by atoms with Gasteiger partial charge in [-0.25, -0.2) is 4.98 Å². The predicted octanol–water partition coefficient (Wildman–Crippen LogP) is 2.52. The second kappa shape index (κ2) is 8.90. The van der Waals surface area contributed by atoms with Gasteiger partial charge in [0.1, 0.15) is 5.82 Å². The van der Waals surface area contributed by atoms with Gasteiger partial charge in [0, 0.05) is 18.5 Å². The Kier molecular flexibility index (Phi) is 5.88. The molecule has 0 spiro atoms. The number of benzene rings is 2. The summed E-state index contributed by atoms with van der Waals surface area (Å²) < 4.78 is 1.77. The molecule has 0 aliphatic carbocycles. The van der Waals surface area contributed by atoms with Crippen LogP contribution in [0.25, 0.3) is 10.9 Å². The van der Waals surface area contributed by atoms with Crippen LogP contribution in [-0.2, 0) is 24.2 Å². The van der Waals surface area contributed by atoms with E-state index >= 15 is 0 Å². The number of carbonyl (C=O) groups excluding carboxylic acids is 2. The third-order valence-electron chi connectivity index (χ3n) is 5.35. The fraction of sp³-hybridized carbons (Fsp3) is 0.304. The van der Waals surface area contributed by atoms with Crippen molar-refractivity contribution in [2.24, 2.45) is 0 Å². The number of rotatable bonds is 3. The van der Waals surface area contributed by atoms with E-state index in [1.165, 1.54) is 0 Å². The van der Waals surface area contributed by atoms with E-state index in [1.807, 2.05) is 30.3 Å². The normalized spacial score (nSPS) is 13.7. The molecule has 2 heterocycles. The van der Waals surface area contributed by atoms with Crippen molar-refractivity contribution in [2.75, 3.05) is 0 Å². The van der Waals surface area contributed by atoms with Crippen LogP contribution in [0.2, 0.25) is 0 Å². The van der Waals surface area contributed by atoms with Gasteiger partial charge >= 0.3 is 0 Å². The van der Waals surface area contributed by atoms with Crippen molar-refractivity contribution in [3.63, 3.8) is 0 Å². The fourth-order valence-corrected chi connectivity index (χ4v) is 3.76. The van der Waals surface area contributed by atoms with Crippen molar-refractivity contribution >= 4 is 22.7 Å². The summed E-state index contributed by atoms with van der Waals surface area (Å²) in [5.41, 5.74) is 6.51. The zero-order valence-corrected chi connectivity index (χ0v) is 16.7. The highest BCUT2D eigenvalue weighted by Gasteiger charge is 2.15. The van der Waals surface area contributed by atoms with Crippen LogP contribution in [0.1, 0.15) is 47.4 Å². The molecule has 0 atom stereocenters. The van der Waals surface area contributed by atoms with Crippen molar-refractivity contribution in [3.8, 4) is 0 Å². The molecule has 2 amide bonds. The molecule has 1 aromatic heterocycles. The maximum absolute atomic E-state index is 12.9. The number of aryl methyl sites for hydroxylation is 1. The van der Waals surface area contributed by atoms with Gasteiger partial charge in [0.15, 0.2) is 0 Å². The van der Waals surface area contributed by atoms with E-state index in [9.17, 15) is 14.4 Å². The Labute approximate surface area is 174 Å². The van der Waals surface area contributed by atoms with Gasteiger partial charge in [-0.15, -0.1) is 0 Å². The average molecular weight is 404 g/mol. The van der Waals surface area contributed by atoms with Crippen molar-refractivity contribution in [1.29, 1.82) is 0 Å². The summed E-state index contributed by atoms with van der Waals surface area (Å²) in [5.74, 6) is 0.0148. The third-order valence-corrected chi connectivity index (χ3v) is 5.35. The average Bonchev–Trinajstić information content (AvgIpc) is 2.74. The summed E-state index contributed by atoms with van der Waals surface area (Å²) in [7, 11) is 0. The van der Waals surface area contributed by atoms with Crippen LogP contribution in [-0.4, -0.2) is 21.4 Å². The van der Waals surface area contributed by atoms with E-state index in [-0.39, 0.29) is 17.9 Å². The van der Waals surface area contributed by atoms with Gasteiger partial charge in [-0.3, -0.25) is 29.8 Å². The number of hydrogen-bond donors (Lipinski definition) is 2. The number of fused-ring (bicyclic) bond motifs is 2. The van der Waals surface area contributed by atoms with Crippen LogP contribution >= 0.6 is 0 Å². The summed E-state index contributed by atoms with van der Waals surface area (Å²) in [6.45, 7) is 0.687. The first-order valence-corrected chi connectivity index (χ1v) is 10.3. The Morgan fingerprint density at radius 1 is 0.967 bits per heavy atom. The Morgan fingerprint density at radius 3 is 2.60 bits per heavy atom. The van der Waals surface area contributed by atoms with Crippen molar-refractivity contribution in [2.45, 2.75) is 45.1 Å². The van der Waals surface area contributed by atoms with Crippen molar-refractivity contribution in [1.82, 2.24) is 20.4 Å². The zero-order chi connectivity index (χ0) is 20.9. The lowest BCUT2D eigenvalue weighted by Gasteiger charge is -2.16. The molecule has 1 aliphatic heterocycles. The number of hydrogen-bond acceptors (Lipinski definition) is 4. The lowest BCUT2D eigenvalue weighted by molar-refractivity contribution is -0.121. The first-order valence-electron chi connectivity index (χ1n) is 10.3. The molecule has 154 valence electrons. The van der Waals surface area contributed by atoms with Gasteiger partial charge in [-0.1, -0.05) is 43.2 Å². The molecule has 0 unspecified atom stereocenters. The minimum atomic E-state index is -0.452. The molecule has 7 heteroatoms. The summed E-state index contributed by atoms with van der Waals surface area (Å²) in [6.07, 6.45) is 5.17. The van der Waals surface area contributed by atoms with E-state index in [0.29, 0.717) is 23.0 Å². The van der Waals surface area contributed by atoms with Gasteiger partial charge in [0.25, 0.3) is 11.5 Å². The van der Waals surface area contributed by atoms with Gasteiger partial charge in [-0.2, -0.15) is 0 Å². The molecule has 0 radical (unpaired) electrons. The summed E-state index contributed by atoms with van der Waals surface area (Å²) in [4.78, 5) is 42.1. The van der Waals surface area contributed by atoms with E-state index in [1.54, 1.807) is 22.8 Å². The van der Waals surface area contributed by atoms with E-state index in [2.05, 4.69) is 15.8 Å². The molecule has 7 nitrogen and oxygen atoms in total. The number of aromatic nitrogens is 2. The minimum absolute atomic E-state index is 0.0555. The van der Waals surface area contributed by atoms with Crippen LogP contribution in [0, 0.1) is 0 Å². The van der Waals surface area contributed by atoms with Gasteiger partial charge in [0.2, 0.25) is 5.91 Å². The van der Waals surface area contributed by atoms with Crippen LogP contribution in [0.5, 0.6) is 0 Å². The van der Waals surface area contributed by atoms with E-state index in [4.69, 9.17) is 0 Å². The van der Waals surface area contributed by atoms with Gasteiger partial charge in [0.05, 0.1) is 17.3 Å². The van der Waals surface area contributed by atoms with E-state index in [0.717, 1.165) is 43.5 Å². The largest absolute Gasteiger partial charge is 0.296 e. The first-order chi connectivity index (χ1) is 14.6. The number of hydrazine groups is 1. The Balaban J connectivity index is 1.50. The SMILES string of the molecule is O=C(Cc1ccccc1)NNC(=O)c1ccc2c(=O)n3c(nc2c1)CCCCCC3. The molecule has 4 rings (SSSR count). The standard InChI is InChI=1S/C23H24N4O3/c28-21(14-16-8-4-3-5-9-16)25-26-22(29)17-11-12-18-19(15-17)24-20-10-6-1-2-7-13-27(20)23(18)30/h3-5,8-9,11-12,15H,1-2,6-7,10,13-14H2,(H,25,28)(H,26,29). The zero-order valence-electron chi connectivity index (χ0n) is 16.7. The summed E-state index contributed by atoms with van der Waals surface area (Å²) in [5, 5.41) is 0.504.